The van der Waals surface area contributed by atoms with E-state index >= 15 is 0 Å². The van der Waals surface area contributed by atoms with E-state index < -0.39 is 0 Å². The lowest BCUT2D eigenvalue weighted by molar-refractivity contribution is 0.0679. The zero-order valence-corrected chi connectivity index (χ0v) is 18.4. The molecule has 1 amide bonds. The van der Waals surface area contributed by atoms with Crippen LogP contribution in [0.4, 0.5) is 0 Å². The molecule has 2 heterocycles. The Bertz CT molecular complexity index is 1170. The third-order valence-electron chi connectivity index (χ3n) is 5.90. The number of imidazole rings is 1. The fraction of sp³-hybridized carbons (Fsp3) is 0.259. The van der Waals surface area contributed by atoms with Crippen molar-refractivity contribution >= 4 is 16.9 Å². The number of para-hydroxylation sites is 2. The zero-order chi connectivity index (χ0) is 22.5. The van der Waals surface area contributed by atoms with Crippen LogP contribution in [-0.4, -0.2) is 35.2 Å². The van der Waals surface area contributed by atoms with Crippen LogP contribution in [0.15, 0.2) is 78.9 Å². The number of H-pyrrole nitrogens is 1. The fourth-order valence-electron chi connectivity index (χ4n) is 4.11. The van der Waals surface area contributed by atoms with Gasteiger partial charge in [-0.25, -0.2) is 4.98 Å². The minimum Gasteiger partial charge on any atom is -0.491 e. The van der Waals surface area contributed by atoms with Crippen LogP contribution in [0, 0.1) is 0 Å². The highest BCUT2D eigenvalue weighted by Crippen LogP contribution is 2.21. The Labute approximate surface area is 193 Å². The normalized spacial score (nSPS) is 16.5. The summed E-state index contributed by atoms with van der Waals surface area (Å²) in [6.45, 7) is 1.35. The largest absolute Gasteiger partial charge is 0.491 e. The molecular formula is C27H27N3O3. The van der Waals surface area contributed by atoms with Crippen LogP contribution in [0.1, 0.15) is 40.6 Å². The van der Waals surface area contributed by atoms with Gasteiger partial charge in [0.15, 0.2) is 0 Å². The van der Waals surface area contributed by atoms with Crippen LogP contribution in [0.5, 0.6) is 5.75 Å². The number of amides is 1. The van der Waals surface area contributed by atoms with Crippen molar-refractivity contribution in [2.75, 3.05) is 13.2 Å². The van der Waals surface area contributed by atoms with Crippen molar-refractivity contribution in [3.05, 3.63) is 95.8 Å². The summed E-state index contributed by atoms with van der Waals surface area (Å²) in [5.74, 6) is 1.33. The van der Waals surface area contributed by atoms with E-state index in [0.717, 1.165) is 47.6 Å². The molecule has 0 radical (unpaired) electrons. The SMILES string of the molecule is O=C(N[C@@H](Cc1ccccc1)c1nc2ccccc2[nH]1)c1ccc(OC[C@@H]2CCCO2)cc1. The van der Waals surface area contributed by atoms with Crippen molar-refractivity contribution in [1.29, 1.82) is 0 Å². The molecule has 33 heavy (non-hydrogen) atoms. The maximum absolute atomic E-state index is 13.1. The molecule has 168 valence electrons. The predicted molar refractivity (Wildman–Crippen MR) is 127 cm³/mol. The summed E-state index contributed by atoms with van der Waals surface area (Å²) >= 11 is 0. The van der Waals surface area contributed by atoms with Crippen molar-refractivity contribution in [2.45, 2.75) is 31.4 Å². The molecule has 1 aliphatic rings. The smallest absolute Gasteiger partial charge is 0.251 e. The standard InChI is InChI=1S/C27H27N3O3/c31-27(20-12-14-21(15-13-20)33-18-22-9-6-16-32-22)30-25(17-19-7-2-1-3-8-19)26-28-23-10-4-5-11-24(23)29-26/h1-5,7-8,10-15,22,25H,6,9,16-18H2,(H,28,29)(H,30,31)/t22-,25-/m0/s1. The van der Waals surface area contributed by atoms with Crippen molar-refractivity contribution in [3.8, 4) is 5.75 Å². The first-order chi connectivity index (χ1) is 16.2. The molecule has 5 rings (SSSR count). The molecule has 4 aromatic rings. The Balaban J connectivity index is 1.30. The van der Waals surface area contributed by atoms with E-state index in [4.69, 9.17) is 14.5 Å². The molecule has 0 saturated carbocycles. The number of carbonyl (C=O) groups excluding carboxylic acids is 1. The quantitative estimate of drug-likeness (QED) is 0.410. The molecule has 1 aromatic heterocycles. The summed E-state index contributed by atoms with van der Waals surface area (Å²) in [6.07, 6.45) is 2.92. The second kappa shape index (κ2) is 9.88. The van der Waals surface area contributed by atoms with Crippen molar-refractivity contribution in [1.82, 2.24) is 15.3 Å². The predicted octanol–water partition coefficient (Wildman–Crippen LogP) is 4.83. The van der Waals surface area contributed by atoms with Gasteiger partial charge in [0.25, 0.3) is 5.91 Å². The van der Waals surface area contributed by atoms with Crippen LogP contribution >= 0.6 is 0 Å². The first kappa shape index (κ1) is 21.2. The van der Waals surface area contributed by atoms with Gasteiger partial charge in [0, 0.05) is 12.2 Å². The maximum Gasteiger partial charge on any atom is 0.251 e. The second-order valence-corrected chi connectivity index (χ2v) is 8.33. The summed E-state index contributed by atoms with van der Waals surface area (Å²) in [5, 5.41) is 3.16. The Morgan fingerprint density at radius 1 is 1.06 bits per heavy atom. The van der Waals surface area contributed by atoms with Gasteiger partial charge in [-0.15, -0.1) is 0 Å². The summed E-state index contributed by atoms with van der Waals surface area (Å²) in [6, 6.07) is 24.9. The minimum absolute atomic E-state index is 0.151. The minimum atomic E-state index is -0.289. The van der Waals surface area contributed by atoms with Gasteiger partial charge in [0.1, 0.15) is 18.2 Å². The molecule has 0 bridgehead atoms. The number of hydrogen-bond donors (Lipinski definition) is 2. The molecule has 6 nitrogen and oxygen atoms in total. The van der Waals surface area contributed by atoms with E-state index in [1.165, 1.54) is 0 Å². The van der Waals surface area contributed by atoms with Crippen LogP contribution in [0.2, 0.25) is 0 Å². The van der Waals surface area contributed by atoms with E-state index in [0.29, 0.717) is 18.6 Å². The van der Waals surface area contributed by atoms with Crippen molar-refractivity contribution in [2.24, 2.45) is 0 Å². The lowest BCUT2D eigenvalue weighted by Gasteiger charge is -2.17. The highest BCUT2D eigenvalue weighted by Gasteiger charge is 2.20. The van der Waals surface area contributed by atoms with Crippen LogP contribution < -0.4 is 10.1 Å². The molecule has 1 saturated heterocycles. The number of aromatic nitrogens is 2. The number of fused-ring (bicyclic) bond motifs is 1. The van der Waals surface area contributed by atoms with Crippen LogP contribution in [0.3, 0.4) is 0 Å². The average molecular weight is 442 g/mol. The Morgan fingerprint density at radius 2 is 1.85 bits per heavy atom. The average Bonchev–Trinajstić information content (AvgIpc) is 3.53. The van der Waals surface area contributed by atoms with E-state index in [-0.39, 0.29) is 18.1 Å². The number of benzene rings is 3. The van der Waals surface area contributed by atoms with Gasteiger partial charge in [-0.05, 0) is 61.2 Å². The molecule has 0 unspecified atom stereocenters. The van der Waals surface area contributed by atoms with Crippen molar-refractivity contribution < 1.29 is 14.3 Å². The summed E-state index contributed by atoms with van der Waals surface area (Å²) in [4.78, 5) is 21.2. The highest BCUT2D eigenvalue weighted by molar-refractivity contribution is 5.94. The Morgan fingerprint density at radius 3 is 2.61 bits per heavy atom. The van der Waals surface area contributed by atoms with Crippen molar-refractivity contribution in [3.63, 3.8) is 0 Å². The first-order valence-corrected chi connectivity index (χ1v) is 11.4. The van der Waals surface area contributed by atoms with Gasteiger partial charge in [0.05, 0.1) is 23.2 Å². The lowest BCUT2D eigenvalue weighted by atomic mass is 10.0. The summed E-state index contributed by atoms with van der Waals surface area (Å²) < 4.78 is 11.4. The first-order valence-electron chi connectivity index (χ1n) is 11.4. The van der Waals surface area contributed by atoms with Gasteiger partial charge in [-0.1, -0.05) is 42.5 Å². The molecule has 6 heteroatoms. The molecule has 2 atom stereocenters. The Hall–Kier alpha value is -3.64. The fourth-order valence-corrected chi connectivity index (χ4v) is 4.11. The van der Waals surface area contributed by atoms with Gasteiger partial charge >= 0.3 is 0 Å². The monoisotopic (exact) mass is 441 g/mol. The Kier molecular flexibility index (Phi) is 6.35. The number of hydrogen-bond acceptors (Lipinski definition) is 4. The molecule has 3 aromatic carbocycles. The van der Waals surface area contributed by atoms with Crippen LogP contribution in [-0.2, 0) is 11.2 Å². The van der Waals surface area contributed by atoms with E-state index in [2.05, 4.69) is 22.4 Å². The lowest BCUT2D eigenvalue weighted by Crippen LogP contribution is -2.30. The van der Waals surface area contributed by atoms with Crippen LogP contribution in [0.25, 0.3) is 11.0 Å². The number of carbonyl (C=O) groups is 1. The molecular weight excluding hydrogens is 414 g/mol. The summed E-state index contributed by atoms with van der Waals surface area (Å²) in [7, 11) is 0. The molecule has 1 aliphatic heterocycles. The maximum atomic E-state index is 13.1. The highest BCUT2D eigenvalue weighted by atomic mass is 16.5. The second-order valence-electron chi connectivity index (χ2n) is 8.33. The number of ether oxygens (including phenoxy) is 2. The zero-order valence-electron chi connectivity index (χ0n) is 18.4. The topological polar surface area (TPSA) is 76.2 Å². The van der Waals surface area contributed by atoms with Gasteiger partial charge in [0.2, 0.25) is 0 Å². The molecule has 0 aliphatic carbocycles. The van der Waals surface area contributed by atoms with Gasteiger partial charge in [-0.2, -0.15) is 0 Å². The van der Waals surface area contributed by atoms with Gasteiger partial charge in [-0.3, -0.25) is 4.79 Å². The number of aromatic amines is 1. The molecule has 1 fully saturated rings. The molecule has 0 spiro atoms. The number of nitrogens with one attached hydrogen (secondary N) is 2. The van der Waals surface area contributed by atoms with E-state index in [1.54, 1.807) is 12.1 Å². The van der Waals surface area contributed by atoms with Gasteiger partial charge < -0.3 is 19.8 Å². The number of rotatable bonds is 8. The summed E-state index contributed by atoms with van der Waals surface area (Å²) in [5.41, 5.74) is 3.54. The van der Waals surface area contributed by atoms with E-state index in [9.17, 15) is 4.79 Å². The number of nitrogens with zero attached hydrogens (tertiary/aromatic N) is 1. The molecule has 2 N–H and O–H groups in total. The third-order valence-corrected chi connectivity index (χ3v) is 5.90. The third kappa shape index (κ3) is 5.23. The van der Waals surface area contributed by atoms with E-state index in [1.807, 2.05) is 54.6 Å².